The van der Waals surface area contributed by atoms with E-state index in [9.17, 15) is 14.3 Å². The Bertz CT molecular complexity index is 452. The first-order valence-corrected chi connectivity index (χ1v) is 5.98. The molecule has 1 aromatic rings. The zero-order chi connectivity index (χ0) is 14.5. The molecule has 0 fully saturated rings. The first-order chi connectivity index (χ1) is 8.90. The monoisotopic (exact) mass is 267 g/mol. The van der Waals surface area contributed by atoms with Crippen LogP contribution in [0.5, 0.6) is 0 Å². The van der Waals surface area contributed by atoms with E-state index >= 15 is 0 Å². The first-order valence-electron chi connectivity index (χ1n) is 5.98. The molecule has 2 atom stereocenters. The van der Waals surface area contributed by atoms with Crippen LogP contribution in [0, 0.1) is 5.41 Å². The molecule has 0 aliphatic heterocycles. The molecule has 0 aromatic heterocycles. The van der Waals surface area contributed by atoms with Crippen molar-refractivity contribution >= 4 is 11.9 Å². The molecule has 0 radical (unpaired) electrons. The van der Waals surface area contributed by atoms with Crippen molar-refractivity contribution in [2.45, 2.75) is 31.5 Å². The highest BCUT2D eigenvalue weighted by Crippen LogP contribution is 2.32. The quantitative estimate of drug-likeness (QED) is 0.464. The summed E-state index contributed by atoms with van der Waals surface area (Å²) in [7, 11) is 0. The molecule has 104 valence electrons. The van der Waals surface area contributed by atoms with Gasteiger partial charge in [0.05, 0.1) is 0 Å². The second-order valence-electron chi connectivity index (χ2n) is 4.34. The lowest BCUT2D eigenvalue weighted by Gasteiger charge is -2.26. The minimum Gasteiger partial charge on any atom is -0.479 e. The van der Waals surface area contributed by atoms with Crippen molar-refractivity contribution in [1.29, 1.82) is 5.41 Å². The minimum absolute atomic E-state index is 0.0892. The van der Waals surface area contributed by atoms with Gasteiger partial charge in [0.15, 0.2) is 5.96 Å². The van der Waals surface area contributed by atoms with Crippen molar-refractivity contribution in [2.75, 3.05) is 0 Å². The molecule has 0 saturated carbocycles. The van der Waals surface area contributed by atoms with Crippen molar-refractivity contribution in [3.63, 3.8) is 0 Å². The molecule has 2 unspecified atom stereocenters. The number of hydrogen-bond acceptors (Lipinski definition) is 2. The van der Waals surface area contributed by atoms with Crippen LogP contribution in [0.2, 0.25) is 0 Å². The Labute approximate surface area is 111 Å². The molecule has 0 heterocycles. The van der Waals surface area contributed by atoms with Gasteiger partial charge in [-0.2, -0.15) is 0 Å². The van der Waals surface area contributed by atoms with Crippen molar-refractivity contribution in [1.82, 2.24) is 5.32 Å². The van der Waals surface area contributed by atoms with Crippen LogP contribution in [-0.4, -0.2) is 23.1 Å². The Kier molecular flexibility index (Phi) is 4.86. The number of carbonyl (C=O) groups is 1. The maximum Gasteiger partial charge on any atom is 0.346 e. The average molecular weight is 267 g/mol. The van der Waals surface area contributed by atoms with Gasteiger partial charge >= 0.3 is 5.97 Å². The fraction of sp³-hybridized carbons (Fsp3) is 0.385. The first kappa shape index (κ1) is 14.9. The molecule has 0 spiro atoms. The number of nitrogens with one attached hydrogen (secondary N) is 2. The molecule has 6 heteroatoms. The molecule has 0 bridgehead atoms. The number of guanidine groups is 1. The fourth-order valence-corrected chi connectivity index (χ4v) is 1.89. The Morgan fingerprint density at radius 2 is 2.11 bits per heavy atom. The third kappa shape index (κ3) is 3.67. The number of benzene rings is 1. The van der Waals surface area contributed by atoms with E-state index in [0.717, 1.165) is 0 Å². The number of carboxylic acids is 1. The summed E-state index contributed by atoms with van der Waals surface area (Å²) >= 11 is 0. The summed E-state index contributed by atoms with van der Waals surface area (Å²) in [5.41, 5.74) is 2.80. The van der Waals surface area contributed by atoms with Gasteiger partial charge in [0.2, 0.25) is 5.67 Å². The van der Waals surface area contributed by atoms with E-state index in [0.29, 0.717) is 6.42 Å². The third-order valence-electron chi connectivity index (χ3n) is 2.95. The molecule has 1 aromatic carbocycles. The van der Waals surface area contributed by atoms with Crippen LogP contribution in [0.1, 0.15) is 25.3 Å². The summed E-state index contributed by atoms with van der Waals surface area (Å²) in [5, 5.41) is 18.9. The lowest BCUT2D eigenvalue weighted by Crippen LogP contribution is -2.44. The summed E-state index contributed by atoms with van der Waals surface area (Å²) in [6, 6.07) is 7.23. The van der Waals surface area contributed by atoms with Crippen molar-refractivity contribution < 1.29 is 14.3 Å². The van der Waals surface area contributed by atoms with Gasteiger partial charge in [-0.25, -0.2) is 9.18 Å². The molecule has 5 N–H and O–H groups in total. The second kappa shape index (κ2) is 6.17. The summed E-state index contributed by atoms with van der Waals surface area (Å²) in [6.45, 7) is 1.77. The Hall–Kier alpha value is -2.11. The Morgan fingerprint density at radius 3 is 2.53 bits per heavy atom. The number of halogens is 1. The van der Waals surface area contributed by atoms with Crippen LogP contribution in [0.25, 0.3) is 0 Å². The topological polar surface area (TPSA) is 99.2 Å². The smallest absolute Gasteiger partial charge is 0.346 e. The number of nitrogens with two attached hydrogens (primary N) is 1. The predicted octanol–water partition coefficient (Wildman–Crippen LogP) is 1.59. The van der Waals surface area contributed by atoms with E-state index in [2.05, 4.69) is 5.32 Å². The molecular weight excluding hydrogens is 249 g/mol. The molecule has 0 aliphatic rings. The van der Waals surface area contributed by atoms with Crippen LogP contribution in [0.15, 0.2) is 30.3 Å². The van der Waals surface area contributed by atoms with Crippen molar-refractivity contribution in [2.24, 2.45) is 5.73 Å². The third-order valence-corrected chi connectivity index (χ3v) is 2.95. The van der Waals surface area contributed by atoms with Crippen molar-refractivity contribution in [3.8, 4) is 0 Å². The maximum absolute atomic E-state index is 14.8. The van der Waals surface area contributed by atoms with Crippen LogP contribution < -0.4 is 11.1 Å². The zero-order valence-corrected chi connectivity index (χ0v) is 10.7. The lowest BCUT2D eigenvalue weighted by molar-refractivity contribution is -0.152. The second-order valence-corrected chi connectivity index (χ2v) is 4.34. The van der Waals surface area contributed by atoms with Gasteiger partial charge in [0.25, 0.3) is 0 Å². The molecule has 19 heavy (non-hydrogen) atoms. The van der Waals surface area contributed by atoms with Crippen LogP contribution in [0.3, 0.4) is 0 Å². The number of rotatable bonds is 6. The number of hydrogen-bond donors (Lipinski definition) is 4. The summed E-state index contributed by atoms with van der Waals surface area (Å²) < 4.78 is 14.8. The normalized spacial score (nSPS) is 15.3. The van der Waals surface area contributed by atoms with Gasteiger partial charge in [-0.15, -0.1) is 0 Å². The van der Waals surface area contributed by atoms with Gasteiger partial charge in [-0.3, -0.25) is 5.41 Å². The highest BCUT2D eigenvalue weighted by Gasteiger charge is 2.42. The molecular formula is C13H18FN3O2. The Morgan fingerprint density at radius 1 is 1.53 bits per heavy atom. The Balaban J connectivity index is 3.00. The lowest BCUT2D eigenvalue weighted by atomic mass is 9.88. The predicted molar refractivity (Wildman–Crippen MR) is 70.6 cm³/mol. The van der Waals surface area contributed by atoms with Crippen LogP contribution in [-0.2, 0) is 10.5 Å². The van der Waals surface area contributed by atoms with E-state index in [1.165, 1.54) is 12.1 Å². The number of alkyl halides is 1. The van der Waals surface area contributed by atoms with E-state index < -0.39 is 17.7 Å². The molecule has 0 amide bonds. The standard InChI is InChI=1S/C13H18FN3O2/c1-2-10(17-12(15)16)8-13(14,11(18)19)9-6-4-3-5-7-9/h3-7,10H,2,8H2,1H3,(H,18,19)(H4,15,16,17). The summed E-state index contributed by atoms with van der Waals surface area (Å²) in [5.74, 6) is -1.84. The zero-order valence-electron chi connectivity index (χ0n) is 10.7. The number of aliphatic carboxylic acids is 1. The molecule has 1 rings (SSSR count). The summed E-state index contributed by atoms with van der Waals surface area (Å²) in [6.07, 6.45) is 0.174. The molecule has 0 saturated heterocycles. The van der Waals surface area contributed by atoms with E-state index in [1.54, 1.807) is 25.1 Å². The summed E-state index contributed by atoms with van der Waals surface area (Å²) in [4.78, 5) is 11.3. The van der Waals surface area contributed by atoms with E-state index in [-0.39, 0.29) is 17.9 Å². The number of carboxylic acid groups (broad SMARTS) is 1. The van der Waals surface area contributed by atoms with Gasteiger partial charge in [0, 0.05) is 18.0 Å². The maximum atomic E-state index is 14.8. The molecule has 5 nitrogen and oxygen atoms in total. The molecule has 0 aliphatic carbocycles. The highest BCUT2D eigenvalue weighted by molar-refractivity contribution is 5.80. The fourth-order valence-electron chi connectivity index (χ4n) is 1.89. The van der Waals surface area contributed by atoms with Gasteiger partial charge in [-0.1, -0.05) is 37.3 Å². The van der Waals surface area contributed by atoms with Crippen molar-refractivity contribution in [3.05, 3.63) is 35.9 Å². The average Bonchev–Trinajstić information content (AvgIpc) is 2.38. The highest BCUT2D eigenvalue weighted by atomic mass is 19.1. The van der Waals surface area contributed by atoms with Gasteiger partial charge in [-0.05, 0) is 6.42 Å². The van der Waals surface area contributed by atoms with E-state index in [1.807, 2.05) is 0 Å². The van der Waals surface area contributed by atoms with Gasteiger partial charge < -0.3 is 16.2 Å². The van der Waals surface area contributed by atoms with Gasteiger partial charge in [0.1, 0.15) is 0 Å². The SMILES string of the molecule is CCC(CC(F)(C(=O)O)c1ccccc1)NC(=N)N. The van der Waals surface area contributed by atoms with E-state index in [4.69, 9.17) is 11.1 Å². The van der Waals surface area contributed by atoms with Crippen LogP contribution in [0.4, 0.5) is 4.39 Å². The largest absolute Gasteiger partial charge is 0.479 e. The minimum atomic E-state index is -2.50. The van der Waals surface area contributed by atoms with Crippen LogP contribution >= 0.6 is 0 Å².